The van der Waals surface area contributed by atoms with Crippen molar-refractivity contribution < 1.29 is 19.1 Å². The van der Waals surface area contributed by atoms with Crippen LogP contribution < -0.4 is 20.1 Å². The lowest BCUT2D eigenvalue weighted by molar-refractivity contribution is -0.147. The maximum atomic E-state index is 13.3. The number of nitrogens with zero attached hydrogens (tertiary/aromatic N) is 1. The zero-order valence-corrected chi connectivity index (χ0v) is 18.6. The molecule has 4 saturated carbocycles. The van der Waals surface area contributed by atoms with Gasteiger partial charge in [-0.25, -0.2) is 0 Å². The number of hydrogen-bond acceptors (Lipinski definition) is 5. The van der Waals surface area contributed by atoms with E-state index < -0.39 is 0 Å². The van der Waals surface area contributed by atoms with Crippen molar-refractivity contribution in [3.05, 3.63) is 18.2 Å². The molecule has 6 aliphatic rings. The van der Waals surface area contributed by atoms with Gasteiger partial charge in [0.05, 0.1) is 6.54 Å². The molecule has 32 heavy (non-hydrogen) atoms. The summed E-state index contributed by atoms with van der Waals surface area (Å²) >= 11 is 0. The molecule has 2 amide bonds. The highest BCUT2D eigenvalue weighted by atomic mass is 16.7. The molecule has 2 N–H and O–H groups in total. The number of hydrogen-bond donors (Lipinski definition) is 2. The number of benzene rings is 1. The zero-order valence-electron chi connectivity index (χ0n) is 18.6. The van der Waals surface area contributed by atoms with Gasteiger partial charge in [-0.15, -0.1) is 0 Å². The molecule has 1 saturated heterocycles. The fraction of sp³-hybridized carbons (Fsp3) is 0.680. The smallest absolute Gasteiger partial charge is 0.238 e. The third kappa shape index (κ3) is 3.85. The molecule has 0 unspecified atom stereocenters. The molecule has 7 heteroatoms. The Hall–Kier alpha value is -2.28. The summed E-state index contributed by atoms with van der Waals surface area (Å²) in [7, 11) is 0. The molecule has 172 valence electrons. The average Bonchev–Trinajstić information content (AvgIpc) is 3.22. The molecule has 7 rings (SSSR count). The summed E-state index contributed by atoms with van der Waals surface area (Å²) in [4.78, 5) is 28.0. The Kier molecular flexibility index (Phi) is 5.05. The van der Waals surface area contributed by atoms with Crippen LogP contribution in [0.15, 0.2) is 18.2 Å². The van der Waals surface area contributed by atoms with Crippen molar-refractivity contribution in [1.82, 2.24) is 10.2 Å². The lowest BCUT2D eigenvalue weighted by Gasteiger charge is -2.56. The van der Waals surface area contributed by atoms with E-state index in [0.717, 1.165) is 68.6 Å². The molecular formula is C25H33N3O4. The summed E-state index contributed by atoms with van der Waals surface area (Å²) < 4.78 is 10.7. The number of ether oxygens (including phenoxy) is 2. The van der Waals surface area contributed by atoms with E-state index in [1.54, 1.807) is 6.07 Å². The molecule has 4 aliphatic carbocycles. The number of carbonyl (C=O) groups is 2. The van der Waals surface area contributed by atoms with Gasteiger partial charge in [0.2, 0.25) is 18.6 Å². The number of fused-ring (bicyclic) bond motifs is 1. The summed E-state index contributed by atoms with van der Waals surface area (Å²) in [5, 5.41) is 6.37. The summed E-state index contributed by atoms with van der Waals surface area (Å²) in [6, 6.07) is 5.68. The van der Waals surface area contributed by atoms with Crippen molar-refractivity contribution in [2.45, 2.75) is 57.4 Å². The lowest BCUT2D eigenvalue weighted by atomic mass is 9.49. The molecule has 0 aromatic heterocycles. The van der Waals surface area contributed by atoms with Crippen molar-refractivity contribution in [3.8, 4) is 11.5 Å². The third-order valence-electron chi connectivity index (χ3n) is 8.47. The van der Waals surface area contributed by atoms with E-state index in [4.69, 9.17) is 9.47 Å². The minimum atomic E-state index is -0.0730. The minimum absolute atomic E-state index is 0.0279. The predicted octanol–water partition coefficient (Wildman–Crippen LogP) is 3.15. The second-order valence-corrected chi connectivity index (χ2v) is 10.8. The van der Waals surface area contributed by atoms with Crippen molar-refractivity contribution in [2.75, 3.05) is 31.7 Å². The second-order valence-electron chi connectivity index (χ2n) is 10.8. The fourth-order valence-corrected chi connectivity index (χ4v) is 7.34. The van der Waals surface area contributed by atoms with Crippen molar-refractivity contribution in [3.63, 3.8) is 0 Å². The number of anilines is 1. The Labute approximate surface area is 189 Å². The second kappa shape index (κ2) is 7.94. The van der Waals surface area contributed by atoms with Gasteiger partial charge in [0.25, 0.3) is 0 Å². The van der Waals surface area contributed by atoms with Crippen LogP contribution in [-0.2, 0) is 9.59 Å². The lowest BCUT2D eigenvalue weighted by Crippen LogP contribution is -2.56. The minimum Gasteiger partial charge on any atom is -0.454 e. The normalized spacial score (nSPS) is 33.3. The molecular weight excluding hydrogens is 406 g/mol. The van der Waals surface area contributed by atoms with Crippen LogP contribution in [0.4, 0.5) is 5.69 Å². The number of nitrogens with one attached hydrogen (secondary N) is 2. The van der Waals surface area contributed by atoms with Gasteiger partial charge in [0.1, 0.15) is 0 Å². The summed E-state index contributed by atoms with van der Waals surface area (Å²) in [6.07, 6.45) is 9.25. The first-order valence-corrected chi connectivity index (χ1v) is 12.3. The van der Waals surface area contributed by atoms with Crippen molar-refractivity contribution in [1.29, 1.82) is 0 Å². The summed E-state index contributed by atoms with van der Waals surface area (Å²) in [5.74, 6) is 4.04. The van der Waals surface area contributed by atoms with Gasteiger partial charge in [0.15, 0.2) is 11.5 Å². The summed E-state index contributed by atoms with van der Waals surface area (Å²) in [5.41, 5.74) is 0.646. The topological polar surface area (TPSA) is 79.9 Å². The molecule has 7 nitrogen and oxygen atoms in total. The molecule has 0 radical (unpaired) electrons. The van der Waals surface area contributed by atoms with Gasteiger partial charge in [-0.2, -0.15) is 0 Å². The highest BCUT2D eigenvalue weighted by molar-refractivity contribution is 5.92. The van der Waals surface area contributed by atoms with E-state index in [9.17, 15) is 9.59 Å². The first-order valence-electron chi connectivity index (χ1n) is 12.3. The molecule has 1 aromatic carbocycles. The van der Waals surface area contributed by atoms with E-state index in [0.29, 0.717) is 24.0 Å². The Morgan fingerprint density at radius 2 is 1.62 bits per heavy atom. The molecule has 5 fully saturated rings. The van der Waals surface area contributed by atoms with Gasteiger partial charge in [-0.1, -0.05) is 0 Å². The van der Waals surface area contributed by atoms with Crippen LogP contribution >= 0.6 is 0 Å². The molecule has 1 aromatic rings. The highest BCUT2D eigenvalue weighted by Crippen LogP contribution is 2.60. The number of piperidine rings is 1. The van der Waals surface area contributed by atoms with Gasteiger partial charge in [-0.3, -0.25) is 14.5 Å². The zero-order chi connectivity index (χ0) is 21.7. The van der Waals surface area contributed by atoms with Crippen molar-refractivity contribution >= 4 is 17.5 Å². The SMILES string of the molecule is O=C(CN1CCC(NC(=O)C23CC4CC(CC(C4)C2)C3)CC1)Nc1ccc2c(c1)OCO2. The molecule has 2 heterocycles. The van der Waals surface area contributed by atoms with E-state index in [-0.39, 0.29) is 24.2 Å². The standard InChI is InChI=1S/C25H33N3O4/c29-23(26-20-1-2-21-22(10-20)32-15-31-21)14-28-5-3-19(4-6-28)27-24(30)25-11-16-7-17(12-25)9-18(8-16)13-25/h1-2,10,16-19H,3-9,11-15H2,(H,26,29)(H,27,30). The van der Waals surface area contributed by atoms with Crippen LogP contribution in [0.3, 0.4) is 0 Å². The highest BCUT2D eigenvalue weighted by Gasteiger charge is 2.54. The Bertz CT molecular complexity index is 873. The van der Waals surface area contributed by atoms with Crippen LogP contribution in [0.25, 0.3) is 0 Å². The predicted molar refractivity (Wildman–Crippen MR) is 119 cm³/mol. The Balaban J connectivity index is 0.976. The number of carbonyl (C=O) groups excluding carboxylic acids is 2. The van der Waals surface area contributed by atoms with Crippen LogP contribution in [-0.4, -0.2) is 49.2 Å². The van der Waals surface area contributed by atoms with Crippen molar-refractivity contribution in [2.24, 2.45) is 23.2 Å². The van der Waals surface area contributed by atoms with Gasteiger partial charge in [0, 0.05) is 36.3 Å². The largest absolute Gasteiger partial charge is 0.454 e. The first kappa shape index (κ1) is 20.3. The van der Waals surface area contributed by atoms with E-state index in [1.165, 1.54) is 19.3 Å². The molecule has 4 bridgehead atoms. The number of rotatable bonds is 5. The third-order valence-corrected chi connectivity index (χ3v) is 8.47. The molecule has 0 spiro atoms. The van der Waals surface area contributed by atoms with Crippen LogP contribution in [0, 0.1) is 23.2 Å². The molecule has 2 aliphatic heterocycles. The number of amides is 2. The van der Waals surface area contributed by atoms with Crippen LogP contribution in [0.1, 0.15) is 51.4 Å². The van der Waals surface area contributed by atoms with E-state index in [2.05, 4.69) is 15.5 Å². The average molecular weight is 440 g/mol. The van der Waals surface area contributed by atoms with Gasteiger partial charge >= 0.3 is 0 Å². The van der Waals surface area contributed by atoms with E-state index >= 15 is 0 Å². The Morgan fingerprint density at radius 1 is 0.969 bits per heavy atom. The number of likely N-dealkylation sites (tertiary alicyclic amines) is 1. The Morgan fingerprint density at radius 3 is 2.31 bits per heavy atom. The van der Waals surface area contributed by atoms with Crippen LogP contribution in [0.5, 0.6) is 11.5 Å². The first-order chi connectivity index (χ1) is 15.5. The van der Waals surface area contributed by atoms with Crippen LogP contribution in [0.2, 0.25) is 0 Å². The maximum absolute atomic E-state index is 13.3. The van der Waals surface area contributed by atoms with E-state index in [1.807, 2.05) is 12.1 Å². The molecule has 0 atom stereocenters. The van der Waals surface area contributed by atoms with Gasteiger partial charge < -0.3 is 20.1 Å². The maximum Gasteiger partial charge on any atom is 0.238 e. The summed E-state index contributed by atoms with van der Waals surface area (Å²) in [6.45, 7) is 2.26. The quantitative estimate of drug-likeness (QED) is 0.737. The fourth-order valence-electron chi connectivity index (χ4n) is 7.34. The monoisotopic (exact) mass is 439 g/mol. The van der Waals surface area contributed by atoms with Gasteiger partial charge in [-0.05, 0) is 81.3 Å².